The van der Waals surface area contributed by atoms with Gasteiger partial charge in [0.05, 0.1) is 11.7 Å². The van der Waals surface area contributed by atoms with E-state index in [0.29, 0.717) is 6.10 Å². The second-order valence-corrected chi connectivity index (χ2v) is 7.30. The smallest absolute Gasteiger partial charge is 0.0754 e. The summed E-state index contributed by atoms with van der Waals surface area (Å²) in [6, 6.07) is 0. The minimum Gasteiger partial charge on any atom is -0.370 e. The van der Waals surface area contributed by atoms with Crippen LogP contribution in [-0.4, -0.2) is 25.3 Å². The largest absolute Gasteiger partial charge is 0.370 e. The Morgan fingerprint density at radius 2 is 1.53 bits per heavy atom. The van der Waals surface area contributed by atoms with Gasteiger partial charge in [0.2, 0.25) is 0 Å². The van der Waals surface area contributed by atoms with Crippen LogP contribution in [0.3, 0.4) is 0 Å². The first-order valence-electron chi connectivity index (χ1n) is 7.40. The second kappa shape index (κ2) is 4.24. The lowest BCUT2D eigenvalue weighted by Crippen LogP contribution is -2.53. The molecule has 2 heteroatoms. The van der Waals surface area contributed by atoms with Gasteiger partial charge in [-0.15, -0.1) is 0 Å². The molecule has 0 unspecified atom stereocenters. The molecule has 0 spiro atoms. The van der Waals surface area contributed by atoms with Crippen LogP contribution in [0.15, 0.2) is 0 Å². The van der Waals surface area contributed by atoms with Gasteiger partial charge in [-0.25, -0.2) is 0 Å². The molecule has 4 rings (SSSR count). The minimum atomic E-state index is -0.00517. The summed E-state index contributed by atoms with van der Waals surface area (Å²) in [7, 11) is 2.02. The standard InChI is InChI=1S/C15H27NO/c1-15(2,9-16-3)17-14-12-5-10-4-11(7-12)8-13(14)6-10/h10-14,16H,4-9H2,1-3H3. The first-order valence-corrected chi connectivity index (χ1v) is 7.40. The van der Waals surface area contributed by atoms with E-state index in [4.69, 9.17) is 4.74 Å². The number of likely N-dealkylation sites (N-methyl/N-ethyl adjacent to an activating group) is 1. The third-order valence-corrected chi connectivity index (χ3v) is 5.20. The summed E-state index contributed by atoms with van der Waals surface area (Å²) in [4.78, 5) is 0. The van der Waals surface area contributed by atoms with Crippen molar-refractivity contribution in [3.63, 3.8) is 0 Å². The molecule has 0 aliphatic heterocycles. The number of ether oxygens (including phenoxy) is 1. The van der Waals surface area contributed by atoms with Gasteiger partial charge in [0.1, 0.15) is 0 Å². The monoisotopic (exact) mass is 237 g/mol. The van der Waals surface area contributed by atoms with E-state index in [-0.39, 0.29) is 5.60 Å². The molecule has 2 nitrogen and oxygen atoms in total. The van der Waals surface area contributed by atoms with E-state index in [9.17, 15) is 0 Å². The topological polar surface area (TPSA) is 21.3 Å². The Morgan fingerprint density at radius 1 is 1.00 bits per heavy atom. The summed E-state index contributed by atoms with van der Waals surface area (Å²) < 4.78 is 6.49. The minimum absolute atomic E-state index is 0.00517. The average molecular weight is 237 g/mol. The predicted octanol–water partition coefficient (Wildman–Crippen LogP) is 2.83. The molecule has 0 heterocycles. The summed E-state index contributed by atoms with van der Waals surface area (Å²) >= 11 is 0. The fourth-order valence-corrected chi connectivity index (χ4v) is 4.90. The molecule has 0 aromatic carbocycles. The van der Waals surface area contributed by atoms with Gasteiger partial charge in [-0.3, -0.25) is 0 Å². The first-order chi connectivity index (χ1) is 8.07. The third kappa shape index (κ3) is 2.26. The lowest BCUT2D eigenvalue weighted by molar-refractivity contribution is -0.176. The molecule has 4 saturated carbocycles. The predicted molar refractivity (Wildman–Crippen MR) is 69.9 cm³/mol. The van der Waals surface area contributed by atoms with Crippen molar-refractivity contribution in [2.24, 2.45) is 23.7 Å². The number of nitrogens with one attached hydrogen (secondary N) is 1. The van der Waals surface area contributed by atoms with E-state index < -0.39 is 0 Å². The van der Waals surface area contributed by atoms with Crippen LogP contribution in [0.2, 0.25) is 0 Å². The molecule has 0 aromatic rings. The van der Waals surface area contributed by atoms with Gasteiger partial charge in [-0.2, -0.15) is 0 Å². The fraction of sp³-hybridized carbons (Fsp3) is 1.00. The summed E-state index contributed by atoms with van der Waals surface area (Å²) in [5.41, 5.74) is -0.00517. The molecule has 4 fully saturated rings. The zero-order chi connectivity index (χ0) is 12.0. The van der Waals surface area contributed by atoms with Gasteiger partial charge in [0.15, 0.2) is 0 Å². The van der Waals surface area contributed by atoms with Gasteiger partial charge in [-0.05, 0) is 76.7 Å². The highest BCUT2D eigenvalue weighted by Crippen LogP contribution is 2.55. The van der Waals surface area contributed by atoms with Crippen LogP contribution in [0.1, 0.15) is 46.0 Å². The highest BCUT2D eigenvalue weighted by atomic mass is 16.5. The Morgan fingerprint density at radius 3 is 2.00 bits per heavy atom. The molecule has 0 amide bonds. The van der Waals surface area contributed by atoms with Gasteiger partial charge >= 0.3 is 0 Å². The molecular weight excluding hydrogens is 210 g/mol. The van der Waals surface area contributed by atoms with Crippen molar-refractivity contribution in [2.45, 2.75) is 57.7 Å². The van der Waals surface area contributed by atoms with Crippen molar-refractivity contribution in [3.05, 3.63) is 0 Å². The molecule has 4 aliphatic carbocycles. The Bertz CT molecular complexity index is 259. The van der Waals surface area contributed by atoms with Crippen LogP contribution in [0.5, 0.6) is 0 Å². The van der Waals surface area contributed by atoms with Gasteiger partial charge < -0.3 is 10.1 Å². The lowest BCUT2D eigenvalue weighted by Gasteiger charge is -2.55. The number of rotatable bonds is 4. The van der Waals surface area contributed by atoms with Crippen molar-refractivity contribution >= 4 is 0 Å². The van der Waals surface area contributed by atoms with Crippen molar-refractivity contribution < 1.29 is 4.74 Å². The Labute approximate surface area is 105 Å². The molecule has 0 radical (unpaired) electrons. The second-order valence-electron chi connectivity index (χ2n) is 7.30. The van der Waals surface area contributed by atoms with Crippen molar-refractivity contribution in [2.75, 3.05) is 13.6 Å². The highest BCUT2D eigenvalue weighted by Gasteiger charge is 2.49. The third-order valence-electron chi connectivity index (χ3n) is 5.20. The highest BCUT2D eigenvalue weighted by molar-refractivity contribution is 4.99. The van der Waals surface area contributed by atoms with Crippen LogP contribution >= 0.6 is 0 Å². The number of hydrogen-bond donors (Lipinski definition) is 1. The van der Waals surface area contributed by atoms with E-state index in [1.54, 1.807) is 0 Å². The van der Waals surface area contributed by atoms with E-state index in [0.717, 1.165) is 30.2 Å². The zero-order valence-electron chi connectivity index (χ0n) is 11.5. The lowest BCUT2D eigenvalue weighted by atomic mass is 9.55. The fourth-order valence-electron chi connectivity index (χ4n) is 4.90. The van der Waals surface area contributed by atoms with Crippen LogP contribution < -0.4 is 5.32 Å². The summed E-state index contributed by atoms with van der Waals surface area (Å²) in [6.07, 6.45) is 7.90. The van der Waals surface area contributed by atoms with Crippen LogP contribution in [0, 0.1) is 23.7 Å². The van der Waals surface area contributed by atoms with Gasteiger partial charge in [0, 0.05) is 6.54 Å². The maximum Gasteiger partial charge on any atom is 0.0754 e. The first kappa shape index (κ1) is 12.0. The molecule has 98 valence electrons. The maximum atomic E-state index is 6.49. The summed E-state index contributed by atoms with van der Waals surface area (Å²) in [5, 5.41) is 3.26. The molecule has 0 atom stereocenters. The molecule has 4 bridgehead atoms. The summed E-state index contributed by atoms with van der Waals surface area (Å²) in [5.74, 6) is 3.85. The van der Waals surface area contributed by atoms with Gasteiger partial charge in [-0.1, -0.05) is 0 Å². The van der Waals surface area contributed by atoms with E-state index in [1.165, 1.54) is 32.1 Å². The Balaban J connectivity index is 1.68. The Hall–Kier alpha value is -0.0800. The van der Waals surface area contributed by atoms with Gasteiger partial charge in [0.25, 0.3) is 0 Å². The molecule has 17 heavy (non-hydrogen) atoms. The molecule has 4 aliphatic rings. The van der Waals surface area contributed by atoms with E-state index in [1.807, 2.05) is 7.05 Å². The quantitative estimate of drug-likeness (QED) is 0.812. The van der Waals surface area contributed by atoms with Crippen molar-refractivity contribution in [1.29, 1.82) is 0 Å². The molecule has 1 N–H and O–H groups in total. The number of hydrogen-bond acceptors (Lipinski definition) is 2. The molecule has 0 aromatic heterocycles. The van der Waals surface area contributed by atoms with E-state index >= 15 is 0 Å². The van der Waals surface area contributed by atoms with Crippen LogP contribution in [-0.2, 0) is 4.74 Å². The Kier molecular flexibility index (Phi) is 2.99. The van der Waals surface area contributed by atoms with Crippen molar-refractivity contribution in [1.82, 2.24) is 5.32 Å². The zero-order valence-corrected chi connectivity index (χ0v) is 11.5. The van der Waals surface area contributed by atoms with Crippen molar-refractivity contribution in [3.8, 4) is 0 Å². The molecular formula is C15H27NO. The van der Waals surface area contributed by atoms with E-state index in [2.05, 4.69) is 19.2 Å². The maximum absolute atomic E-state index is 6.49. The molecule has 0 saturated heterocycles. The van der Waals surface area contributed by atoms with Crippen LogP contribution in [0.25, 0.3) is 0 Å². The summed E-state index contributed by atoms with van der Waals surface area (Å²) in [6.45, 7) is 5.42. The normalized spacial score (nSPS) is 44.3. The SMILES string of the molecule is CNCC(C)(C)OC1C2CC3CC(C2)CC1C3. The average Bonchev–Trinajstić information content (AvgIpc) is 2.22. The van der Waals surface area contributed by atoms with Crippen LogP contribution in [0.4, 0.5) is 0 Å².